The molecule has 0 fully saturated rings. The molecule has 0 aliphatic rings. The van der Waals surface area contributed by atoms with Gasteiger partial charge >= 0.3 is 0 Å². The van der Waals surface area contributed by atoms with Crippen LogP contribution in [0.15, 0.2) is 66.7 Å². The molecular weight excluding hydrogens is 378 g/mol. The van der Waals surface area contributed by atoms with E-state index in [1.54, 1.807) is 18.2 Å². The van der Waals surface area contributed by atoms with Gasteiger partial charge in [0.2, 0.25) is 6.10 Å². The van der Waals surface area contributed by atoms with Gasteiger partial charge in [-0.1, -0.05) is 42.5 Å². The Morgan fingerprint density at radius 2 is 1.63 bits per heavy atom. The van der Waals surface area contributed by atoms with Crippen molar-refractivity contribution in [2.45, 2.75) is 26.9 Å². The lowest BCUT2D eigenvalue weighted by Gasteiger charge is -2.21. The Bertz CT molecular complexity index is 1060. The van der Waals surface area contributed by atoms with Crippen molar-refractivity contribution < 1.29 is 19.1 Å². The van der Waals surface area contributed by atoms with Crippen molar-refractivity contribution in [3.63, 3.8) is 0 Å². The summed E-state index contributed by atoms with van der Waals surface area (Å²) in [5, 5.41) is 2.98. The van der Waals surface area contributed by atoms with Crippen LogP contribution in [0.3, 0.4) is 0 Å². The molecule has 30 heavy (non-hydrogen) atoms. The predicted molar refractivity (Wildman–Crippen MR) is 117 cm³/mol. The van der Waals surface area contributed by atoms with Crippen molar-refractivity contribution in [3.8, 4) is 11.5 Å². The molecule has 3 rings (SSSR count). The maximum absolute atomic E-state index is 13.2. The van der Waals surface area contributed by atoms with Gasteiger partial charge in [0.15, 0.2) is 17.3 Å². The summed E-state index contributed by atoms with van der Waals surface area (Å²) in [5.41, 5.74) is 3.97. The van der Waals surface area contributed by atoms with E-state index in [9.17, 15) is 9.59 Å². The van der Waals surface area contributed by atoms with Crippen LogP contribution in [0.2, 0.25) is 0 Å². The van der Waals surface area contributed by atoms with Crippen molar-refractivity contribution in [2.24, 2.45) is 0 Å². The third-order valence-electron chi connectivity index (χ3n) is 4.81. The Labute approximate surface area is 176 Å². The fourth-order valence-corrected chi connectivity index (χ4v) is 3.08. The number of carbonyl (C=O) groups excluding carboxylic acids is 2. The molecule has 1 N–H and O–H groups in total. The number of benzene rings is 3. The molecule has 0 aromatic heterocycles. The van der Waals surface area contributed by atoms with Gasteiger partial charge in [-0.05, 0) is 56.2 Å². The maximum Gasteiger partial charge on any atom is 0.270 e. The van der Waals surface area contributed by atoms with E-state index in [1.165, 1.54) is 14.0 Å². The smallest absolute Gasteiger partial charge is 0.270 e. The zero-order valence-electron chi connectivity index (χ0n) is 17.6. The summed E-state index contributed by atoms with van der Waals surface area (Å²) in [6, 6.07) is 20.1. The van der Waals surface area contributed by atoms with Crippen molar-refractivity contribution >= 4 is 17.4 Å². The second-order valence-corrected chi connectivity index (χ2v) is 7.14. The number of anilines is 1. The van der Waals surface area contributed by atoms with E-state index >= 15 is 0 Å². The quantitative estimate of drug-likeness (QED) is 0.546. The average molecular weight is 403 g/mol. The van der Waals surface area contributed by atoms with E-state index in [1.807, 2.05) is 62.4 Å². The number of aryl methyl sites for hydroxylation is 2. The Hall–Kier alpha value is -3.60. The molecule has 5 nitrogen and oxygen atoms in total. The lowest BCUT2D eigenvalue weighted by atomic mass is 10.1. The van der Waals surface area contributed by atoms with Crippen molar-refractivity contribution in [1.29, 1.82) is 0 Å². The molecule has 0 heterocycles. The van der Waals surface area contributed by atoms with E-state index in [0.717, 1.165) is 16.8 Å². The molecule has 0 saturated carbocycles. The second-order valence-electron chi connectivity index (χ2n) is 7.14. The van der Waals surface area contributed by atoms with Crippen LogP contribution in [0.4, 0.5) is 5.69 Å². The zero-order valence-corrected chi connectivity index (χ0v) is 17.6. The van der Waals surface area contributed by atoms with Gasteiger partial charge in [0.05, 0.1) is 7.11 Å². The number of hydrogen-bond donors (Lipinski definition) is 1. The van der Waals surface area contributed by atoms with E-state index in [2.05, 4.69) is 5.32 Å². The van der Waals surface area contributed by atoms with E-state index < -0.39 is 6.10 Å². The van der Waals surface area contributed by atoms with Crippen LogP contribution in [0.25, 0.3) is 0 Å². The van der Waals surface area contributed by atoms with Crippen molar-refractivity contribution in [2.75, 3.05) is 12.4 Å². The van der Waals surface area contributed by atoms with Crippen LogP contribution in [0.1, 0.15) is 40.1 Å². The third kappa shape index (κ3) is 4.87. The highest BCUT2D eigenvalue weighted by atomic mass is 16.5. The molecule has 0 spiro atoms. The first-order valence-electron chi connectivity index (χ1n) is 9.67. The molecule has 0 radical (unpaired) electrons. The number of carbonyl (C=O) groups is 2. The predicted octanol–water partition coefficient (Wildman–Crippen LogP) is 5.27. The lowest BCUT2D eigenvalue weighted by molar-refractivity contribution is -0.123. The number of hydrogen-bond acceptors (Lipinski definition) is 4. The largest absolute Gasteiger partial charge is 0.493 e. The first-order chi connectivity index (χ1) is 14.4. The van der Waals surface area contributed by atoms with E-state index in [0.29, 0.717) is 22.6 Å². The van der Waals surface area contributed by atoms with Crippen LogP contribution in [0.5, 0.6) is 11.5 Å². The molecule has 0 bridgehead atoms. The number of nitrogens with one attached hydrogen (secondary N) is 1. The van der Waals surface area contributed by atoms with Crippen LogP contribution < -0.4 is 14.8 Å². The summed E-state index contributed by atoms with van der Waals surface area (Å²) in [7, 11) is 1.50. The standard InChI is InChI=1S/C25H25NO4/c1-16-10-11-17(2)21(14-16)26-25(28)24(19-8-6-5-7-9-19)30-22-13-12-20(18(3)27)15-23(22)29-4/h5-15,24H,1-4H3,(H,26,28)/t24-/m0/s1. The molecule has 154 valence electrons. The minimum Gasteiger partial charge on any atom is -0.493 e. The van der Waals surface area contributed by atoms with Gasteiger partial charge in [0.25, 0.3) is 5.91 Å². The lowest BCUT2D eigenvalue weighted by Crippen LogP contribution is -2.26. The van der Waals surface area contributed by atoms with Gasteiger partial charge in [-0.2, -0.15) is 0 Å². The van der Waals surface area contributed by atoms with Gasteiger partial charge < -0.3 is 14.8 Å². The molecule has 1 atom stereocenters. The molecule has 0 unspecified atom stereocenters. The number of ketones is 1. The van der Waals surface area contributed by atoms with Gasteiger partial charge in [-0.15, -0.1) is 0 Å². The highest BCUT2D eigenvalue weighted by Crippen LogP contribution is 2.33. The molecule has 3 aromatic rings. The molecule has 5 heteroatoms. The average Bonchev–Trinajstić information content (AvgIpc) is 2.75. The third-order valence-corrected chi connectivity index (χ3v) is 4.81. The SMILES string of the molecule is COc1cc(C(C)=O)ccc1O[C@H](C(=O)Nc1cc(C)ccc1C)c1ccccc1. The van der Waals surface area contributed by atoms with Crippen LogP contribution in [-0.2, 0) is 4.79 Å². The maximum atomic E-state index is 13.2. The fraction of sp³-hybridized carbons (Fsp3) is 0.200. The van der Waals surface area contributed by atoms with Crippen LogP contribution >= 0.6 is 0 Å². The van der Waals surface area contributed by atoms with E-state index in [4.69, 9.17) is 9.47 Å². The number of amides is 1. The first kappa shape index (κ1) is 21.1. The molecule has 0 aliphatic heterocycles. The normalized spacial score (nSPS) is 11.5. The number of methoxy groups -OCH3 is 1. The Balaban J connectivity index is 1.95. The summed E-state index contributed by atoms with van der Waals surface area (Å²) in [6.07, 6.45) is -0.900. The highest BCUT2D eigenvalue weighted by molar-refractivity contribution is 5.96. The topological polar surface area (TPSA) is 64.6 Å². The van der Waals surface area contributed by atoms with Gasteiger partial charge in [0, 0.05) is 16.8 Å². The summed E-state index contributed by atoms with van der Waals surface area (Å²) in [5.74, 6) is 0.398. The van der Waals surface area contributed by atoms with Crippen molar-refractivity contribution in [1.82, 2.24) is 0 Å². The summed E-state index contributed by atoms with van der Waals surface area (Å²) in [4.78, 5) is 24.9. The number of ether oxygens (including phenoxy) is 2. The first-order valence-corrected chi connectivity index (χ1v) is 9.67. The van der Waals surface area contributed by atoms with Gasteiger partial charge in [0.1, 0.15) is 0 Å². The Morgan fingerprint density at radius 1 is 0.900 bits per heavy atom. The molecule has 0 aliphatic carbocycles. The molecule has 3 aromatic carbocycles. The minimum atomic E-state index is -0.900. The van der Waals surface area contributed by atoms with E-state index in [-0.39, 0.29) is 11.7 Å². The Morgan fingerprint density at radius 3 is 2.30 bits per heavy atom. The van der Waals surface area contributed by atoms with Gasteiger partial charge in [-0.25, -0.2) is 0 Å². The molecular formula is C25H25NO4. The highest BCUT2D eigenvalue weighted by Gasteiger charge is 2.25. The van der Waals surface area contributed by atoms with Crippen LogP contribution in [-0.4, -0.2) is 18.8 Å². The second kappa shape index (κ2) is 9.27. The van der Waals surface area contributed by atoms with Crippen LogP contribution in [0, 0.1) is 13.8 Å². The summed E-state index contributed by atoms with van der Waals surface area (Å²) < 4.78 is 11.5. The van der Waals surface area contributed by atoms with Gasteiger partial charge in [-0.3, -0.25) is 9.59 Å². The summed E-state index contributed by atoms with van der Waals surface area (Å²) in [6.45, 7) is 5.40. The number of rotatable bonds is 7. The van der Waals surface area contributed by atoms with Crippen molar-refractivity contribution in [3.05, 3.63) is 89.0 Å². The fourth-order valence-electron chi connectivity index (χ4n) is 3.08. The monoisotopic (exact) mass is 403 g/mol. The summed E-state index contributed by atoms with van der Waals surface area (Å²) >= 11 is 0. The molecule has 1 amide bonds. The minimum absolute atomic E-state index is 0.0767. The number of Topliss-reactive ketones (excluding diaryl/α,β-unsaturated/α-hetero) is 1. The zero-order chi connectivity index (χ0) is 21.7. The Kier molecular flexibility index (Phi) is 6.52. The molecule has 0 saturated heterocycles.